The second-order valence-corrected chi connectivity index (χ2v) is 6.98. The third-order valence-corrected chi connectivity index (χ3v) is 5.29. The summed E-state index contributed by atoms with van der Waals surface area (Å²) < 4.78 is 2.13. The molecule has 1 aromatic carbocycles. The van der Waals surface area contributed by atoms with Crippen LogP contribution < -0.4 is 5.32 Å². The van der Waals surface area contributed by atoms with Gasteiger partial charge in [0.2, 0.25) is 0 Å². The molecule has 1 saturated heterocycles. The molecule has 1 aliphatic rings. The van der Waals surface area contributed by atoms with Gasteiger partial charge in [0.25, 0.3) is 0 Å². The number of aromatic nitrogens is 2. The number of nitrogens with zero attached hydrogens (tertiary/aromatic N) is 3. The third-order valence-electron chi connectivity index (χ3n) is 5.29. The number of benzene rings is 1. The lowest BCUT2D eigenvalue weighted by Crippen LogP contribution is -2.50. The van der Waals surface area contributed by atoms with Crippen LogP contribution in [0.3, 0.4) is 0 Å². The highest BCUT2D eigenvalue weighted by Gasteiger charge is 2.27. The normalized spacial score (nSPS) is 21.9. The highest BCUT2D eigenvalue weighted by atomic mass is 15.3. The van der Waals surface area contributed by atoms with Gasteiger partial charge in [0.15, 0.2) is 0 Å². The van der Waals surface area contributed by atoms with Crippen LogP contribution >= 0.6 is 0 Å². The molecular formula is C20H30N4. The predicted molar refractivity (Wildman–Crippen MR) is 98.8 cm³/mol. The molecular weight excluding hydrogens is 296 g/mol. The fraction of sp³-hybridized carbons (Fsp3) is 0.550. The average Bonchev–Trinajstić information content (AvgIpc) is 3.02. The van der Waals surface area contributed by atoms with Gasteiger partial charge in [-0.1, -0.05) is 30.3 Å². The molecule has 0 bridgehead atoms. The van der Waals surface area contributed by atoms with E-state index in [0.717, 1.165) is 18.9 Å². The number of aryl methyl sites for hydroxylation is 2. The maximum absolute atomic E-state index is 4.43. The standard InChI is InChI=1S/C20H30N4/c1-21-20-16-18(15-17-7-4-3-5-8-17)10-13-24(20)12-6-9-19-22-11-14-23(19)2/h3-5,7-8,11,14,18,20-21H,6,9-10,12-13,15-16H2,1-2H3. The van der Waals surface area contributed by atoms with Gasteiger partial charge in [-0.05, 0) is 50.8 Å². The van der Waals surface area contributed by atoms with Crippen LogP contribution in [0.15, 0.2) is 42.7 Å². The minimum atomic E-state index is 0.508. The van der Waals surface area contributed by atoms with Crippen molar-refractivity contribution >= 4 is 0 Å². The highest BCUT2D eigenvalue weighted by Crippen LogP contribution is 2.25. The monoisotopic (exact) mass is 326 g/mol. The Hall–Kier alpha value is -1.65. The number of rotatable bonds is 7. The Morgan fingerprint density at radius 1 is 1.25 bits per heavy atom. The fourth-order valence-corrected chi connectivity index (χ4v) is 3.87. The van der Waals surface area contributed by atoms with Crippen molar-refractivity contribution in [3.05, 3.63) is 54.1 Å². The van der Waals surface area contributed by atoms with Gasteiger partial charge in [-0.15, -0.1) is 0 Å². The van der Waals surface area contributed by atoms with Crippen molar-refractivity contribution in [2.45, 2.75) is 38.3 Å². The van der Waals surface area contributed by atoms with Gasteiger partial charge in [0.1, 0.15) is 5.82 Å². The molecule has 2 unspecified atom stereocenters. The maximum atomic E-state index is 4.43. The quantitative estimate of drug-likeness (QED) is 0.849. The highest BCUT2D eigenvalue weighted by molar-refractivity contribution is 5.15. The van der Waals surface area contributed by atoms with E-state index in [2.05, 4.69) is 64.2 Å². The van der Waals surface area contributed by atoms with Gasteiger partial charge >= 0.3 is 0 Å². The Kier molecular flexibility index (Phi) is 6.05. The molecule has 2 heterocycles. The first kappa shape index (κ1) is 17.2. The summed E-state index contributed by atoms with van der Waals surface area (Å²) in [6.45, 7) is 2.35. The summed E-state index contributed by atoms with van der Waals surface area (Å²) >= 11 is 0. The lowest BCUT2D eigenvalue weighted by molar-refractivity contribution is 0.0922. The molecule has 1 aromatic heterocycles. The zero-order valence-corrected chi connectivity index (χ0v) is 15.0. The first-order valence-electron chi connectivity index (χ1n) is 9.17. The molecule has 0 aliphatic carbocycles. The molecule has 2 aromatic rings. The molecule has 0 amide bonds. The van der Waals surface area contributed by atoms with E-state index >= 15 is 0 Å². The Balaban J connectivity index is 1.47. The van der Waals surface area contributed by atoms with Crippen molar-refractivity contribution < 1.29 is 0 Å². The molecule has 1 N–H and O–H groups in total. The van der Waals surface area contributed by atoms with Crippen LogP contribution in [0.25, 0.3) is 0 Å². The van der Waals surface area contributed by atoms with Gasteiger partial charge < -0.3 is 9.88 Å². The summed E-state index contributed by atoms with van der Waals surface area (Å²) in [7, 11) is 4.18. The van der Waals surface area contributed by atoms with Crippen LogP contribution in [0.5, 0.6) is 0 Å². The zero-order chi connectivity index (χ0) is 16.8. The van der Waals surface area contributed by atoms with Gasteiger partial charge in [0.05, 0.1) is 6.17 Å². The number of imidazole rings is 1. The van der Waals surface area contributed by atoms with E-state index in [-0.39, 0.29) is 0 Å². The summed E-state index contributed by atoms with van der Waals surface area (Å²) in [5, 5.41) is 3.53. The van der Waals surface area contributed by atoms with Gasteiger partial charge in [0, 0.05) is 32.4 Å². The van der Waals surface area contributed by atoms with E-state index in [0.29, 0.717) is 6.17 Å². The predicted octanol–water partition coefficient (Wildman–Crippen LogP) is 2.85. The van der Waals surface area contributed by atoms with E-state index in [1.165, 1.54) is 43.6 Å². The first-order valence-corrected chi connectivity index (χ1v) is 9.17. The molecule has 0 spiro atoms. The molecule has 130 valence electrons. The SMILES string of the molecule is CNC1CC(Cc2ccccc2)CCN1CCCc1nccn1C. The minimum Gasteiger partial charge on any atom is -0.338 e. The Morgan fingerprint density at radius 2 is 2.08 bits per heavy atom. The van der Waals surface area contributed by atoms with Gasteiger partial charge in [-0.25, -0.2) is 4.98 Å². The van der Waals surface area contributed by atoms with Crippen molar-refractivity contribution in [1.29, 1.82) is 0 Å². The number of nitrogens with one attached hydrogen (secondary N) is 1. The van der Waals surface area contributed by atoms with E-state index in [1.807, 2.05) is 12.4 Å². The van der Waals surface area contributed by atoms with Gasteiger partial charge in [-0.2, -0.15) is 0 Å². The molecule has 2 atom stereocenters. The number of likely N-dealkylation sites (tertiary alicyclic amines) is 1. The van der Waals surface area contributed by atoms with E-state index < -0.39 is 0 Å². The summed E-state index contributed by atoms with van der Waals surface area (Å²) in [6.07, 6.45) is 10.4. The van der Waals surface area contributed by atoms with Crippen LogP contribution in [0, 0.1) is 5.92 Å². The largest absolute Gasteiger partial charge is 0.338 e. The summed E-state index contributed by atoms with van der Waals surface area (Å²) in [5.41, 5.74) is 1.47. The Morgan fingerprint density at radius 3 is 2.79 bits per heavy atom. The number of piperidine rings is 1. The van der Waals surface area contributed by atoms with Crippen molar-refractivity contribution in [2.24, 2.45) is 13.0 Å². The smallest absolute Gasteiger partial charge is 0.108 e. The van der Waals surface area contributed by atoms with Crippen LogP contribution in [0.4, 0.5) is 0 Å². The van der Waals surface area contributed by atoms with E-state index in [4.69, 9.17) is 0 Å². The molecule has 24 heavy (non-hydrogen) atoms. The minimum absolute atomic E-state index is 0.508. The lowest BCUT2D eigenvalue weighted by atomic mass is 9.88. The number of hydrogen-bond acceptors (Lipinski definition) is 3. The van der Waals surface area contributed by atoms with Crippen LogP contribution in [0.2, 0.25) is 0 Å². The molecule has 4 heteroatoms. The van der Waals surface area contributed by atoms with Crippen molar-refractivity contribution in [3.8, 4) is 0 Å². The maximum Gasteiger partial charge on any atom is 0.108 e. The van der Waals surface area contributed by atoms with Gasteiger partial charge in [-0.3, -0.25) is 4.90 Å². The summed E-state index contributed by atoms with van der Waals surface area (Å²) in [5.74, 6) is 1.98. The Bertz CT molecular complexity index is 607. The molecule has 1 fully saturated rings. The Labute approximate surface area is 145 Å². The zero-order valence-electron chi connectivity index (χ0n) is 15.0. The molecule has 0 radical (unpaired) electrons. The second-order valence-electron chi connectivity index (χ2n) is 6.98. The second kappa shape index (κ2) is 8.45. The molecule has 4 nitrogen and oxygen atoms in total. The molecule has 0 saturated carbocycles. The first-order chi connectivity index (χ1) is 11.8. The van der Waals surface area contributed by atoms with Crippen LogP contribution in [-0.4, -0.2) is 40.8 Å². The topological polar surface area (TPSA) is 33.1 Å². The van der Waals surface area contributed by atoms with Crippen LogP contribution in [-0.2, 0) is 19.9 Å². The average molecular weight is 326 g/mol. The van der Waals surface area contributed by atoms with Crippen LogP contribution in [0.1, 0.15) is 30.7 Å². The molecule has 3 rings (SSSR count). The third kappa shape index (κ3) is 4.46. The summed E-state index contributed by atoms with van der Waals surface area (Å²) in [4.78, 5) is 7.04. The number of hydrogen-bond donors (Lipinski definition) is 1. The van der Waals surface area contributed by atoms with E-state index in [1.54, 1.807) is 0 Å². The summed E-state index contributed by atoms with van der Waals surface area (Å²) in [6, 6.07) is 10.9. The van der Waals surface area contributed by atoms with Crippen molar-refractivity contribution in [3.63, 3.8) is 0 Å². The fourth-order valence-electron chi connectivity index (χ4n) is 3.87. The van der Waals surface area contributed by atoms with Crippen molar-refractivity contribution in [2.75, 3.05) is 20.1 Å². The van der Waals surface area contributed by atoms with E-state index in [9.17, 15) is 0 Å². The lowest BCUT2D eigenvalue weighted by Gasteiger charge is -2.39. The molecule has 1 aliphatic heterocycles. The van der Waals surface area contributed by atoms with Crippen molar-refractivity contribution in [1.82, 2.24) is 19.8 Å².